The third-order valence-electron chi connectivity index (χ3n) is 3.43. The summed E-state index contributed by atoms with van der Waals surface area (Å²) in [5.41, 5.74) is 9.39. The molecule has 1 unspecified atom stereocenters. The highest BCUT2D eigenvalue weighted by atomic mass is 79.9. The molecule has 2 aromatic carbocycles. The highest BCUT2D eigenvalue weighted by Gasteiger charge is 2.10. The Morgan fingerprint density at radius 2 is 1.70 bits per heavy atom. The lowest BCUT2D eigenvalue weighted by Gasteiger charge is -2.15. The van der Waals surface area contributed by atoms with Crippen molar-refractivity contribution in [2.24, 2.45) is 11.7 Å². The summed E-state index contributed by atoms with van der Waals surface area (Å²) in [7, 11) is 0. The summed E-state index contributed by atoms with van der Waals surface area (Å²) < 4.78 is 14.2. The van der Waals surface area contributed by atoms with Crippen LogP contribution in [0.15, 0.2) is 46.9 Å². The predicted molar refractivity (Wildman–Crippen MR) is 85.2 cm³/mol. The van der Waals surface area contributed by atoms with Gasteiger partial charge in [0.25, 0.3) is 0 Å². The van der Waals surface area contributed by atoms with E-state index in [2.05, 4.69) is 47.1 Å². The molecule has 106 valence electrons. The van der Waals surface area contributed by atoms with Gasteiger partial charge in [0.15, 0.2) is 0 Å². The van der Waals surface area contributed by atoms with E-state index in [9.17, 15) is 4.39 Å². The largest absolute Gasteiger partial charge is 0.330 e. The molecule has 1 nitrogen and oxygen atoms in total. The van der Waals surface area contributed by atoms with E-state index in [-0.39, 0.29) is 5.82 Å². The van der Waals surface area contributed by atoms with Crippen molar-refractivity contribution in [2.75, 3.05) is 6.54 Å². The number of hydrogen-bond acceptors (Lipinski definition) is 1. The van der Waals surface area contributed by atoms with E-state index >= 15 is 0 Å². The second kappa shape index (κ2) is 7.00. The van der Waals surface area contributed by atoms with Crippen molar-refractivity contribution in [3.8, 4) is 0 Å². The zero-order chi connectivity index (χ0) is 14.5. The van der Waals surface area contributed by atoms with Crippen LogP contribution in [0, 0.1) is 18.7 Å². The molecule has 0 aliphatic carbocycles. The molecule has 0 fully saturated rings. The molecule has 0 bridgehead atoms. The molecule has 1 atom stereocenters. The van der Waals surface area contributed by atoms with Gasteiger partial charge in [-0.1, -0.05) is 45.8 Å². The minimum absolute atomic E-state index is 0.208. The average molecular weight is 336 g/mol. The Morgan fingerprint density at radius 1 is 1.05 bits per heavy atom. The first-order valence-corrected chi connectivity index (χ1v) is 7.56. The first-order chi connectivity index (χ1) is 9.56. The number of rotatable bonds is 5. The van der Waals surface area contributed by atoms with Crippen LogP contribution in [0.4, 0.5) is 4.39 Å². The third kappa shape index (κ3) is 4.43. The summed E-state index contributed by atoms with van der Waals surface area (Å²) in [6, 6.07) is 13.5. The van der Waals surface area contributed by atoms with Crippen LogP contribution in [-0.2, 0) is 12.8 Å². The maximum absolute atomic E-state index is 13.4. The Bertz CT molecular complexity index is 545. The maximum atomic E-state index is 13.4. The standard InChI is InChI=1S/C17H19BrFN/c1-12-2-4-13(5-3-12)6-15(11-20)7-14-8-16(18)10-17(19)9-14/h2-5,8-10,15H,6-7,11,20H2,1H3. The monoisotopic (exact) mass is 335 g/mol. The van der Waals surface area contributed by atoms with Crippen molar-refractivity contribution in [3.63, 3.8) is 0 Å². The van der Waals surface area contributed by atoms with Crippen molar-refractivity contribution in [2.45, 2.75) is 19.8 Å². The molecular formula is C17H19BrFN. The summed E-state index contributed by atoms with van der Waals surface area (Å²) in [4.78, 5) is 0. The van der Waals surface area contributed by atoms with Gasteiger partial charge in [0, 0.05) is 4.47 Å². The Kier molecular flexibility index (Phi) is 5.32. The topological polar surface area (TPSA) is 26.0 Å². The minimum atomic E-state index is -0.208. The van der Waals surface area contributed by atoms with Crippen molar-refractivity contribution >= 4 is 15.9 Å². The lowest BCUT2D eigenvalue weighted by molar-refractivity contribution is 0.530. The second-order valence-electron chi connectivity index (χ2n) is 5.27. The van der Waals surface area contributed by atoms with Crippen LogP contribution in [0.5, 0.6) is 0 Å². The van der Waals surface area contributed by atoms with Gasteiger partial charge in [-0.05, 0) is 61.6 Å². The van der Waals surface area contributed by atoms with E-state index < -0.39 is 0 Å². The number of nitrogens with two attached hydrogens (primary N) is 1. The Balaban J connectivity index is 2.06. The van der Waals surface area contributed by atoms with Gasteiger partial charge in [-0.25, -0.2) is 4.39 Å². The molecular weight excluding hydrogens is 317 g/mol. The smallest absolute Gasteiger partial charge is 0.124 e. The number of aryl methyl sites for hydroxylation is 1. The van der Waals surface area contributed by atoms with E-state index in [1.165, 1.54) is 17.2 Å². The molecule has 0 amide bonds. The van der Waals surface area contributed by atoms with Crippen LogP contribution >= 0.6 is 15.9 Å². The number of halogens is 2. The maximum Gasteiger partial charge on any atom is 0.124 e. The molecule has 0 aliphatic rings. The fraction of sp³-hybridized carbons (Fsp3) is 0.294. The van der Waals surface area contributed by atoms with Gasteiger partial charge < -0.3 is 5.73 Å². The highest BCUT2D eigenvalue weighted by Crippen LogP contribution is 2.19. The van der Waals surface area contributed by atoms with Crippen LogP contribution in [-0.4, -0.2) is 6.54 Å². The average Bonchev–Trinajstić information content (AvgIpc) is 2.39. The molecule has 2 rings (SSSR count). The number of benzene rings is 2. The quantitative estimate of drug-likeness (QED) is 0.868. The summed E-state index contributed by atoms with van der Waals surface area (Å²) in [6.45, 7) is 2.68. The van der Waals surface area contributed by atoms with Crippen molar-refractivity contribution in [1.29, 1.82) is 0 Å². The van der Waals surface area contributed by atoms with Crippen molar-refractivity contribution in [1.82, 2.24) is 0 Å². The van der Waals surface area contributed by atoms with Crippen LogP contribution in [0.25, 0.3) is 0 Å². The molecule has 0 aliphatic heterocycles. The molecule has 0 radical (unpaired) electrons. The Labute approximate surface area is 128 Å². The van der Waals surface area contributed by atoms with Crippen LogP contribution in [0.3, 0.4) is 0 Å². The van der Waals surface area contributed by atoms with Gasteiger partial charge in [0.05, 0.1) is 0 Å². The van der Waals surface area contributed by atoms with E-state index in [1.54, 1.807) is 6.07 Å². The van der Waals surface area contributed by atoms with E-state index in [1.807, 2.05) is 6.07 Å². The molecule has 0 saturated carbocycles. The first kappa shape index (κ1) is 15.2. The van der Waals surface area contributed by atoms with Gasteiger partial charge in [0.2, 0.25) is 0 Å². The molecule has 0 aromatic heterocycles. The normalized spacial score (nSPS) is 12.4. The SMILES string of the molecule is Cc1ccc(CC(CN)Cc2cc(F)cc(Br)c2)cc1. The van der Waals surface area contributed by atoms with Crippen molar-refractivity contribution < 1.29 is 4.39 Å². The van der Waals surface area contributed by atoms with Gasteiger partial charge >= 0.3 is 0 Å². The Morgan fingerprint density at radius 3 is 2.30 bits per heavy atom. The molecule has 0 saturated heterocycles. The second-order valence-corrected chi connectivity index (χ2v) is 6.19. The van der Waals surface area contributed by atoms with Gasteiger partial charge in [-0.2, -0.15) is 0 Å². The van der Waals surface area contributed by atoms with Crippen molar-refractivity contribution in [3.05, 3.63) is 69.4 Å². The van der Waals surface area contributed by atoms with E-state index in [4.69, 9.17) is 5.73 Å². The summed E-state index contributed by atoms with van der Waals surface area (Å²) in [5, 5.41) is 0. The molecule has 0 heterocycles. The van der Waals surface area contributed by atoms with E-state index in [0.29, 0.717) is 12.5 Å². The molecule has 20 heavy (non-hydrogen) atoms. The summed E-state index contributed by atoms with van der Waals surface area (Å²) >= 11 is 3.33. The van der Waals surface area contributed by atoms with Gasteiger partial charge in [-0.15, -0.1) is 0 Å². The molecule has 2 aromatic rings. The van der Waals surface area contributed by atoms with E-state index in [0.717, 1.165) is 22.9 Å². The lowest BCUT2D eigenvalue weighted by atomic mass is 9.92. The number of hydrogen-bond donors (Lipinski definition) is 1. The van der Waals surface area contributed by atoms with Crippen LogP contribution in [0.1, 0.15) is 16.7 Å². The lowest BCUT2D eigenvalue weighted by Crippen LogP contribution is -2.19. The van der Waals surface area contributed by atoms with Gasteiger partial charge in [-0.3, -0.25) is 0 Å². The highest BCUT2D eigenvalue weighted by molar-refractivity contribution is 9.10. The zero-order valence-corrected chi connectivity index (χ0v) is 13.2. The minimum Gasteiger partial charge on any atom is -0.330 e. The first-order valence-electron chi connectivity index (χ1n) is 6.77. The van der Waals surface area contributed by atoms with Crippen LogP contribution in [0.2, 0.25) is 0 Å². The van der Waals surface area contributed by atoms with Crippen LogP contribution < -0.4 is 5.73 Å². The molecule has 3 heteroatoms. The molecule has 0 spiro atoms. The Hall–Kier alpha value is -1.19. The molecule has 2 N–H and O–H groups in total. The summed E-state index contributed by atoms with van der Waals surface area (Å²) in [6.07, 6.45) is 1.71. The fourth-order valence-corrected chi connectivity index (χ4v) is 2.87. The predicted octanol–water partition coefficient (Wildman–Crippen LogP) is 4.26. The van der Waals surface area contributed by atoms with Gasteiger partial charge in [0.1, 0.15) is 5.82 Å². The fourth-order valence-electron chi connectivity index (χ4n) is 2.36. The third-order valence-corrected chi connectivity index (χ3v) is 3.88. The zero-order valence-electron chi connectivity index (χ0n) is 11.6. The summed E-state index contributed by atoms with van der Waals surface area (Å²) in [5.74, 6) is 0.117.